The summed E-state index contributed by atoms with van der Waals surface area (Å²) in [4.78, 5) is 4.18. The molecule has 2 unspecified atom stereocenters. The first-order valence-electron chi connectivity index (χ1n) is 7.57. The molecule has 23 heavy (non-hydrogen) atoms. The Morgan fingerprint density at radius 2 is 2.00 bits per heavy atom. The van der Waals surface area contributed by atoms with Crippen LogP contribution < -0.4 is 10.6 Å². The fourth-order valence-corrected chi connectivity index (χ4v) is 3.55. The molecule has 1 aliphatic carbocycles. The Morgan fingerprint density at radius 1 is 1.30 bits per heavy atom. The summed E-state index contributed by atoms with van der Waals surface area (Å²) in [5.41, 5.74) is 0.119. The molecular formula is C16H24F2IN3S. The maximum absolute atomic E-state index is 13.6. The Labute approximate surface area is 158 Å². The van der Waals surface area contributed by atoms with E-state index in [0.29, 0.717) is 23.8 Å². The fraction of sp³-hybridized carbons (Fsp3) is 0.562. The van der Waals surface area contributed by atoms with Crippen molar-refractivity contribution in [3.63, 3.8) is 0 Å². The molecule has 1 saturated carbocycles. The van der Waals surface area contributed by atoms with Crippen LogP contribution in [0.3, 0.4) is 0 Å². The minimum absolute atomic E-state index is 0. The summed E-state index contributed by atoms with van der Waals surface area (Å²) in [6.07, 6.45) is 5.91. The topological polar surface area (TPSA) is 36.4 Å². The SMILES string of the molecule is CN=C(NCCc1c(F)cccc1F)NC1CCC(SC)C1.I. The van der Waals surface area contributed by atoms with Gasteiger partial charge in [-0.25, -0.2) is 8.78 Å². The van der Waals surface area contributed by atoms with Gasteiger partial charge in [-0.2, -0.15) is 11.8 Å². The number of benzene rings is 1. The van der Waals surface area contributed by atoms with Crippen molar-refractivity contribution in [2.75, 3.05) is 19.8 Å². The van der Waals surface area contributed by atoms with Gasteiger partial charge in [-0.3, -0.25) is 4.99 Å². The lowest BCUT2D eigenvalue weighted by Gasteiger charge is -2.17. The van der Waals surface area contributed by atoms with Crippen molar-refractivity contribution in [1.29, 1.82) is 0 Å². The van der Waals surface area contributed by atoms with Crippen molar-refractivity contribution in [2.45, 2.75) is 37.0 Å². The molecule has 0 aliphatic heterocycles. The number of nitrogens with zero attached hydrogens (tertiary/aromatic N) is 1. The maximum Gasteiger partial charge on any atom is 0.191 e. The van der Waals surface area contributed by atoms with Gasteiger partial charge in [0, 0.05) is 30.4 Å². The summed E-state index contributed by atoms with van der Waals surface area (Å²) in [5, 5.41) is 7.23. The van der Waals surface area contributed by atoms with Crippen molar-refractivity contribution in [3.05, 3.63) is 35.4 Å². The summed E-state index contributed by atoms with van der Waals surface area (Å²) in [6, 6.07) is 4.37. The van der Waals surface area contributed by atoms with Crippen LogP contribution in [0.25, 0.3) is 0 Å². The van der Waals surface area contributed by atoms with Gasteiger partial charge >= 0.3 is 0 Å². The summed E-state index contributed by atoms with van der Waals surface area (Å²) in [7, 11) is 1.71. The quantitative estimate of drug-likeness (QED) is 0.405. The van der Waals surface area contributed by atoms with Gasteiger partial charge in [0.25, 0.3) is 0 Å². The molecule has 1 aliphatic rings. The lowest BCUT2D eigenvalue weighted by atomic mass is 10.1. The molecule has 0 bridgehead atoms. The predicted octanol–water partition coefficient (Wildman–Crippen LogP) is 3.57. The molecular weight excluding hydrogens is 431 g/mol. The molecule has 0 aromatic heterocycles. The zero-order valence-corrected chi connectivity index (χ0v) is 16.6. The van der Waals surface area contributed by atoms with Gasteiger partial charge in [0.2, 0.25) is 0 Å². The maximum atomic E-state index is 13.6. The second-order valence-electron chi connectivity index (χ2n) is 5.46. The van der Waals surface area contributed by atoms with Gasteiger partial charge in [0.05, 0.1) is 0 Å². The van der Waals surface area contributed by atoms with Crippen LogP contribution in [0, 0.1) is 11.6 Å². The Balaban J connectivity index is 0.00000264. The lowest BCUT2D eigenvalue weighted by Crippen LogP contribution is -2.43. The first kappa shape index (κ1) is 20.5. The van der Waals surface area contributed by atoms with Crippen molar-refractivity contribution in [3.8, 4) is 0 Å². The minimum Gasteiger partial charge on any atom is -0.356 e. The summed E-state index contributed by atoms with van der Waals surface area (Å²) in [5.74, 6) is -0.296. The van der Waals surface area contributed by atoms with Crippen LogP contribution in [0.1, 0.15) is 24.8 Å². The summed E-state index contributed by atoms with van der Waals surface area (Å²) >= 11 is 1.91. The highest BCUT2D eigenvalue weighted by atomic mass is 127. The zero-order valence-electron chi connectivity index (χ0n) is 13.4. The van der Waals surface area contributed by atoms with E-state index in [4.69, 9.17) is 0 Å². The molecule has 2 atom stereocenters. The molecule has 2 N–H and O–H groups in total. The van der Waals surface area contributed by atoms with E-state index in [0.717, 1.165) is 12.8 Å². The number of thioether (sulfide) groups is 1. The molecule has 0 heterocycles. The van der Waals surface area contributed by atoms with E-state index in [1.807, 2.05) is 11.8 Å². The van der Waals surface area contributed by atoms with Crippen molar-refractivity contribution < 1.29 is 8.78 Å². The van der Waals surface area contributed by atoms with Crippen LogP contribution in [0.2, 0.25) is 0 Å². The first-order chi connectivity index (χ1) is 10.6. The highest BCUT2D eigenvalue weighted by Crippen LogP contribution is 2.27. The summed E-state index contributed by atoms with van der Waals surface area (Å²) in [6.45, 7) is 0.441. The van der Waals surface area contributed by atoms with E-state index in [2.05, 4.69) is 21.9 Å². The van der Waals surface area contributed by atoms with Gasteiger partial charge in [0.15, 0.2) is 5.96 Å². The third kappa shape index (κ3) is 6.10. The molecule has 0 spiro atoms. The average molecular weight is 455 g/mol. The van der Waals surface area contributed by atoms with Gasteiger partial charge in [0.1, 0.15) is 11.6 Å². The number of halogens is 3. The zero-order chi connectivity index (χ0) is 15.9. The van der Waals surface area contributed by atoms with Crippen LogP contribution in [0.5, 0.6) is 0 Å². The van der Waals surface area contributed by atoms with E-state index in [9.17, 15) is 8.78 Å². The highest BCUT2D eigenvalue weighted by molar-refractivity contribution is 14.0. The number of rotatable bonds is 5. The number of hydrogen-bond donors (Lipinski definition) is 2. The smallest absolute Gasteiger partial charge is 0.191 e. The van der Waals surface area contributed by atoms with Gasteiger partial charge in [-0.1, -0.05) is 6.07 Å². The van der Waals surface area contributed by atoms with Crippen LogP contribution in [0.15, 0.2) is 23.2 Å². The van der Waals surface area contributed by atoms with Gasteiger partial charge < -0.3 is 10.6 Å². The molecule has 3 nitrogen and oxygen atoms in total. The van der Waals surface area contributed by atoms with E-state index in [1.54, 1.807) is 7.05 Å². The van der Waals surface area contributed by atoms with E-state index in [-0.39, 0.29) is 36.0 Å². The Bertz CT molecular complexity index is 508. The van der Waals surface area contributed by atoms with Gasteiger partial charge in [-0.15, -0.1) is 24.0 Å². The minimum atomic E-state index is -0.497. The first-order valence-corrected chi connectivity index (χ1v) is 8.85. The third-order valence-corrected chi connectivity index (χ3v) is 5.11. The Hall–Kier alpha value is -0.570. The Morgan fingerprint density at radius 3 is 2.57 bits per heavy atom. The van der Waals surface area contributed by atoms with Crippen molar-refractivity contribution in [2.24, 2.45) is 4.99 Å². The summed E-state index contributed by atoms with van der Waals surface area (Å²) < 4.78 is 27.1. The standard InChI is InChI=1S/C16H23F2N3S.HI/c1-19-16(21-11-6-7-12(10-11)22-2)20-9-8-13-14(17)4-3-5-15(13)18;/h3-5,11-12H,6-10H2,1-2H3,(H2,19,20,21);1H. The average Bonchev–Trinajstić information content (AvgIpc) is 2.96. The number of nitrogens with one attached hydrogen (secondary N) is 2. The highest BCUT2D eigenvalue weighted by Gasteiger charge is 2.24. The third-order valence-electron chi connectivity index (χ3n) is 4.01. The Kier molecular flexibility index (Phi) is 9.19. The molecule has 1 aromatic carbocycles. The number of hydrogen-bond acceptors (Lipinski definition) is 2. The number of aliphatic imine (C=N–C) groups is 1. The van der Waals surface area contributed by atoms with Crippen LogP contribution in [-0.2, 0) is 6.42 Å². The molecule has 0 saturated heterocycles. The van der Waals surface area contributed by atoms with E-state index < -0.39 is 11.6 Å². The second-order valence-corrected chi connectivity index (χ2v) is 6.60. The molecule has 2 rings (SSSR count). The molecule has 0 radical (unpaired) electrons. The molecule has 130 valence electrons. The molecule has 7 heteroatoms. The van der Waals surface area contributed by atoms with E-state index in [1.165, 1.54) is 24.6 Å². The molecule has 1 aromatic rings. The van der Waals surface area contributed by atoms with E-state index >= 15 is 0 Å². The fourth-order valence-electron chi connectivity index (χ4n) is 2.75. The van der Waals surface area contributed by atoms with Crippen molar-refractivity contribution in [1.82, 2.24) is 10.6 Å². The monoisotopic (exact) mass is 455 g/mol. The molecule has 0 amide bonds. The normalized spacial score (nSPS) is 21.0. The number of guanidine groups is 1. The second kappa shape index (κ2) is 10.3. The lowest BCUT2D eigenvalue weighted by molar-refractivity contribution is 0.551. The predicted molar refractivity (Wildman–Crippen MR) is 105 cm³/mol. The van der Waals surface area contributed by atoms with Crippen LogP contribution in [-0.4, -0.2) is 37.1 Å². The van der Waals surface area contributed by atoms with Crippen molar-refractivity contribution >= 4 is 41.7 Å². The van der Waals surface area contributed by atoms with Crippen LogP contribution in [0.4, 0.5) is 8.78 Å². The van der Waals surface area contributed by atoms with Crippen LogP contribution >= 0.6 is 35.7 Å². The van der Waals surface area contributed by atoms with Gasteiger partial charge in [-0.05, 0) is 44.1 Å². The molecule has 1 fully saturated rings. The largest absolute Gasteiger partial charge is 0.356 e.